The summed E-state index contributed by atoms with van der Waals surface area (Å²) in [6, 6.07) is 0. The normalized spacial score (nSPS) is 44.9. The van der Waals surface area contributed by atoms with E-state index in [1.54, 1.807) is 12.5 Å². The number of fused-ring (bicyclic) bond motifs is 5. The number of rotatable bonds is 3. The standard InChI is InChI=1S/C24H33F3N2O2/c1-22-8-6-17-16-7-9-23(31,24(25,26)27)12-15(16)2-3-18(17)19(22)4-5-20(22)21(30)13-29-11-10-28-14-29/h10-11,14-20,31H,2-9,12-13H2,1H3. The van der Waals surface area contributed by atoms with Gasteiger partial charge in [0.25, 0.3) is 0 Å². The van der Waals surface area contributed by atoms with Crippen LogP contribution in [0.1, 0.15) is 64.7 Å². The van der Waals surface area contributed by atoms with Crippen molar-refractivity contribution in [3.63, 3.8) is 0 Å². The van der Waals surface area contributed by atoms with E-state index < -0.39 is 11.8 Å². The average molecular weight is 439 g/mol. The lowest BCUT2D eigenvalue weighted by atomic mass is 9.49. The summed E-state index contributed by atoms with van der Waals surface area (Å²) in [5.41, 5.74) is -2.49. The van der Waals surface area contributed by atoms with Crippen LogP contribution in [0.4, 0.5) is 13.2 Å². The van der Waals surface area contributed by atoms with Crippen LogP contribution < -0.4 is 0 Å². The van der Waals surface area contributed by atoms with Crippen molar-refractivity contribution in [2.75, 3.05) is 0 Å². The lowest BCUT2D eigenvalue weighted by molar-refractivity contribution is -0.282. The van der Waals surface area contributed by atoms with Crippen molar-refractivity contribution in [3.8, 4) is 0 Å². The molecule has 4 aliphatic rings. The Morgan fingerprint density at radius 3 is 2.58 bits per heavy atom. The van der Waals surface area contributed by atoms with Gasteiger partial charge in [-0.15, -0.1) is 0 Å². The molecule has 4 nitrogen and oxygen atoms in total. The molecule has 1 N–H and O–H groups in total. The van der Waals surface area contributed by atoms with E-state index in [1.165, 1.54) is 0 Å². The summed E-state index contributed by atoms with van der Waals surface area (Å²) in [6.07, 6.45) is 6.60. The number of carbonyl (C=O) groups is 1. The summed E-state index contributed by atoms with van der Waals surface area (Å²) >= 11 is 0. The topological polar surface area (TPSA) is 55.1 Å². The minimum atomic E-state index is -4.53. The first-order chi connectivity index (χ1) is 14.6. The molecule has 8 atom stereocenters. The number of imidazole rings is 1. The van der Waals surface area contributed by atoms with Crippen LogP contribution in [-0.2, 0) is 11.3 Å². The number of aromatic nitrogens is 2. The molecule has 0 aromatic carbocycles. The van der Waals surface area contributed by atoms with E-state index in [2.05, 4.69) is 11.9 Å². The smallest absolute Gasteiger partial charge is 0.380 e. The Kier molecular flexibility index (Phi) is 5.07. The van der Waals surface area contributed by atoms with Gasteiger partial charge in [-0.3, -0.25) is 4.79 Å². The minimum absolute atomic E-state index is 0.00699. The first kappa shape index (κ1) is 21.5. The van der Waals surface area contributed by atoms with Crippen molar-refractivity contribution in [1.82, 2.24) is 9.55 Å². The molecule has 5 rings (SSSR count). The van der Waals surface area contributed by atoms with E-state index in [9.17, 15) is 23.1 Å². The number of hydrogen-bond acceptors (Lipinski definition) is 3. The number of carbonyl (C=O) groups excluding carboxylic acids is 1. The second kappa shape index (κ2) is 7.32. The van der Waals surface area contributed by atoms with Crippen LogP contribution in [0.25, 0.3) is 0 Å². The predicted molar refractivity (Wildman–Crippen MR) is 109 cm³/mol. The largest absolute Gasteiger partial charge is 0.417 e. The second-order valence-electron chi connectivity index (χ2n) is 11.1. The van der Waals surface area contributed by atoms with Gasteiger partial charge in [-0.05, 0) is 92.8 Å². The number of hydrogen-bond donors (Lipinski definition) is 1. The lowest BCUT2D eigenvalue weighted by Gasteiger charge is -2.57. The van der Waals surface area contributed by atoms with Crippen LogP contribution in [0.2, 0.25) is 0 Å². The van der Waals surface area contributed by atoms with Crippen molar-refractivity contribution in [1.29, 1.82) is 0 Å². The van der Waals surface area contributed by atoms with E-state index in [4.69, 9.17) is 0 Å². The highest BCUT2D eigenvalue weighted by Gasteiger charge is 2.62. The maximum atomic E-state index is 13.4. The Bertz CT molecular complexity index is 825. The Hall–Kier alpha value is -1.37. The first-order valence-electron chi connectivity index (χ1n) is 11.9. The molecule has 7 heteroatoms. The third kappa shape index (κ3) is 3.37. The summed E-state index contributed by atoms with van der Waals surface area (Å²) in [7, 11) is 0. The number of halogens is 3. The Morgan fingerprint density at radius 2 is 1.87 bits per heavy atom. The van der Waals surface area contributed by atoms with Gasteiger partial charge in [0.2, 0.25) is 0 Å². The summed E-state index contributed by atoms with van der Waals surface area (Å²) in [4.78, 5) is 17.2. The molecule has 1 aromatic rings. The zero-order valence-corrected chi connectivity index (χ0v) is 18.2. The fraction of sp³-hybridized carbons (Fsp3) is 0.833. The molecule has 0 saturated heterocycles. The van der Waals surface area contributed by atoms with Gasteiger partial charge in [0, 0.05) is 18.3 Å². The van der Waals surface area contributed by atoms with E-state index >= 15 is 0 Å². The Labute approximate surface area is 181 Å². The minimum Gasteiger partial charge on any atom is -0.380 e. The Morgan fingerprint density at radius 1 is 1.10 bits per heavy atom. The molecule has 0 radical (unpaired) electrons. The van der Waals surface area contributed by atoms with Gasteiger partial charge in [0.05, 0.1) is 12.9 Å². The van der Waals surface area contributed by atoms with Gasteiger partial charge in [-0.2, -0.15) is 13.2 Å². The van der Waals surface area contributed by atoms with Crippen molar-refractivity contribution < 1.29 is 23.1 Å². The van der Waals surface area contributed by atoms with Crippen molar-refractivity contribution in [3.05, 3.63) is 18.7 Å². The molecule has 0 amide bonds. The predicted octanol–water partition coefficient (Wildman–Crippen LogP) is 5.01. The van der Waals surface area contributed by atoms with Gasteiger partial charge < -0.3 is 9.67 Å². The number of nitrogens with zero attached hydrogens (tertiary/aromatic N) is 2. The summed E-state index contributed by atoms with van der Waals surface area (Å²) < 4.78 is 42.1. The molecule has 172 valence electrons. The van der Waals surface area contributed by atoms with E-state index in [-0.39, 0.29) is 30.1 Å². The molecule has 8 unspecified atom stereocenters. The molecular weight excluding hydrogens is 405 g/mol. The highest BCUT2D eigenvalue weighted by molar-refractivity contribution is 5.82. The molecule has 4 fully saturated rings. The van der Waals surface area contributed by atoms with Crippen LogP contribution in [0.5, 0.6) is 0 Å². The van der Waals surface area contributed by atoms with Gasteiger partial charge in [0.1, 0.15) is 0 Å². The maximum Gasteiger partial charge on any atom is 0.417 e. The number of alkyl halides is 3. The molecule has 0 spiro atoms. The van der Waals surface area contributed by atoms with E-state index in [0.29, 0.717) is 42.4 Å². The highest BCUT2D eigenvalue weighted by Crippen LogP contribution is 2.65. The van der Waals surface area contributed by atoms with Gasteiger partial charge in [-0.1, -0.05) is 6.92 Å². The lowest BCUT2D eigenvalue weighted by Crippen LogP contribution is -2.55. The quantitative estimate of drug-likeness (QED) is 0.721. The second-order valence-corrected chi connectivity index (χ2v) is 11.1. The molecule has 1 aromatic heterocycles. The first-order valence-corrected chi connectivity index (χ1v) is 11.9. The molecule has 4 saturated carbocycles. The van der Waals surface area contributed by atoms with Gasteiger partial charge >= 0.3 is 6.18 Å². The van der Waals surface area contributed by atoms with Crippen LogP contribution in [0, 0.1) is 40.9 Å². The summed E-state index contributed by atoms with van der Waals surface area (Å²) in [5.74, 6) is 2.11. The van der Waals surface area contributed by atoms with Crippen LogP contribution in [-0.4, -0.2) is 32.2 Å². The SMILES string of the molecule is CC12CCC3C4CCC(O)(C(F)(F)F)CC4CCC3C1CCC2C(=O)Cn1ccnc1. The fourth-order valence-electron chi connectivity index (χ4n) is 8.34. The van der Waals surface area contributed by atoms with Crippen molar-refractivity contribution >= 4 is 5.78 Å². The monoisotopic (exact) mass is 438 g/mol. The third-order valence-corrected chi connectivity index (χ3v) is 9.82. The van der Waals surface area contributed by atoms with Gasteiger partial charge in [0.15, 0.2) is 11.4 Å². The molecule has 1 heterocycles. The molecule has 0 aliphatic heterocycles. The van der Waals surface area contributed by atoms with Crippen molar-refractivity contribution in [2.45, 2.75) is 83.0 Å². The fourth-order valence-corrected chi connectivity index (χ4v) is 8.34. The van der Waals surface area contributed by atoms with Crippen LogP contribution in [0.3, 0.4) is 0 Å². The zero-order valence-electron chi connectivity index (χ0n) is 18.2. The van der Waals surface area contributed by atoms with Crippen LogP contribution >= 0.6 is 0 Å². The van der Waals surface area contributed by atoms with Gasteiger partial charge in [-0.25, -0.2) is 4.98 Å². The molecule has 0 bridgehead atoms. The average Bonchev–Trinajstić information content (AvgIpc) is 3.33. The number of Topliss-reactive ketones (excluding diaryl/α,β-unsaturated/α-hetero) is 1. The highest BCUT2D eigenvalue weighted by atomic mass is 19.4. The van der Waals surface area contributed by atoms with E-state index in [1.807, 2.05) is 10.8 Å². The number of aliphatic hydroxyl groups is 1. The maximum absolute atomic E-state index is 13.4. The summed E-state index contributed by atoms with van der Waals surface area (Å²) in [5, 5.41) is 10.3. The molecule has 4 aliphatic carbocycles. The number of ketones is 1. The molecular formula is C24H33F3N2O2. The van der Waals surface area contributed by atoms with E-state index in [0.717, 1.165) is 38.5 Å². The van der Waals surface area contributed by atoms with Crippen LogP contribution in [0.15, 0.2) is 18.7 Å². The third-order valence-electron chi connectivity index (χ3n) is 9.82. The molecule has 31 heavy (non-hydrogen) atoms. The zero-order chi connectivity index (χ0) is 22.0. The van der Waals surface area contributed by atoms with Crippen molar-refractivity contribution in [2.24, 2.45) is 40.9 Å². The summed E-state index contributed by atoms with van der Waals surface area (Å²) in [6.45, 7) is 2.68. The Balaban J connectivity index is 1.30.